The summed E-state index contributed by atoms with van der Waals surface area (Å²) in [6, 6.07) is 0. The lowest BCUT2D eigenvalue weighted by atomic mass is 10.8. The standard InChI is InChI=1S/C5H7BrO3S/c1-2-3-10(8,9)5(7)4-6/h2H,1,3-4H2. The van der Waals surface area contributed by atoms with Gasteiger partial charge in [0.1, 0.15) is 0 Å². The second kappa shape index (κ2) is 3.88. The third-order valence-corrected chi connectivity index (χ3v) is 3.19. The molecule has 58 valence electrons. The van der Waals surface area contributed by atoms with Gasteiger partial charge in [0.2, 0.25) is 9.84 Å². The second-order valence-corrected chi connectivity index (χ2v) is 4.15. The molecule has 0 amide bonds. The summed E-state index contributed by atoms with van der Waals surface area (Å²) in [6.07, 6.45) is 1.19. The molecule has 3 nitrogen and oxygen atoms in total. The number of halogens is 1. The van der Waals surface area contributed by atoms with E-state index in [1.165, 1.54) is 6.08 Å². The molecule has 0 spiro atoms. The first-order chi connectivity index (χ1) is 4.54. The normalized spacial score (nSPS) is 10.9. The van der Waals surface area contributed by atoms with Crippen molar-refractivity contribution in [1.82, 2.24) is 0 Å². The Morgan fingerprint density at radius 3 is 2.40 bits per heavy atom. The molecule has 0 aliphatic rings. The molecule has 0 aromatic heterocycles. The van der Waals surface area contributed by atoms with E-state index in [-0.39, 0.29) is 11.1 Å². The van der Waals surface area contributed by atoms with Gasteiger partial charge in [-0.05, 0) is 0 Å². The number of alkyl halides is 1. The van der Waals surface area contributed by atoms with Gasteiger partial charge in [-0.25, -0.2) is 8.42 Å². The molecular weight excluding hydrogens is 220 g/mol. The van der Waals surface area contributed by atoms with Crippen molar-refractivity contribution in [2.75, 3.05) is 11.1 Å². The van der Waals surface area contributed by atoms with Crippen LogP contribution in [-0.2, 0) is 14.6 Å². The first-order valence-electron chi connectivity index (χ1n) is 2.47. The molecule has 0 atom stereocenters. The Kier molecular flexibility index (Phi) is 3.81. The first kappa shape index (κ1) is 9.84. The lowest BCUT2D eigenvalue weighted by Gasteiger charge is -1.93. The highest BCUT2D eigenvalue weighted by Gasteiger charge is 2.17. The fraction of sp³-hybridized carbons (Fsp3) is 0.400. The fourth-order valence-electron chi connectivity index (χ4n) is 0.331. The van der Waals surface area contributed by atoms with Crippen molar-refractivity contribution in [2.45, 2.75) is 0 Å². The van der Waals surface area contributed by atoms with E-state index in [0.29, 0.717) is 0 Å². The number of carbonyl (C=O) groups excluding carboxylic acids is 1. The molecule has 0 saturated carbocycles. The lowest BCUT2D eigenvalue weighted by Crippen LogP contribution is -2.17. The Balaban J connectivity index is 4.42. The molecule has 0 aromatic carbocycles. The molecular formula is C5H7BrO3S. The van der Waals surface area contributed by atoms with Crippen molar-refractivity contribution in [3.63, 3.8) is 0 Å². The van der Waals surface area contributed by atoms with Crippen molar-refractivity contribution in [2.24, 2.45) is 0 Å². The van der Waals surface area contributed by atoms with Crippen LogP contribution in [0.5, 0.6) is 0 Å². The molecule has 0 rings (SSSR count). The molecule has 0 N–H and O–H groups in total. The van der Waals surface area contributed by atoms with E-state index >= 15 is 0 Å². The van der Waals surface area contributed by atoms with Gasteiger partial charge in [0.15, 0.2) is 0 Å². The van der Waals surface area contributed by atoms with E-state index in [2.05, 4.69) is 22.5 Å². The molecule has 5 heteroatoms. The maximum Gasteiger partial charge on any atom is 0.257 e. The minimum Gasteiger partial charge on any atom is -0.281 e. The SMILES string of the molecule is C=CCS(=O)(=O)C(=O)CBr. The quantitative estimate of drug-likeness (QED) is 0.521. The highest BCUT2D eigenvalue weighted by molar-refractivity contribution is 9.09. The summed E-state index contributed by atoms with van der Waals surface area (Å²) in [5.74, 6) is -0.280. The Morgan fingerprint density at radius 1 is 1.60 bits per heavy atom. The van der Waals surface area contributed by atoms with E-state index in [4.69, 9.17) is 0 Å². The van der Waals surface area contributed by atoms with Gasteiger partial charge in [-0.1, -0.05) is 22.0 Å². The van der Waals surface area contributed by atoms with Crippen molar-refractivity contribution < 1.29 is 13.2 Å². The minimum absolute atomic E-state index is 0.150. The molecule has 0 heterocycles. The second-order valence-electron chi connectivity index (χ2n) is 1.58. The Labute approximate surface area is 68.2 Å². The number of sulfone groups is 1. The van der Waals surface area contributed by atoms with E-state index in [9.17, 15) is 13.2 Å². The number of hydrogen-bond acceptors (Lipinski definition) is 3. The third-order valence-electron chi connectivity index (χ3n) is 0.793. The monoisotopic (exact) mass is 226 g/mol. The molecule has 0 aliphatic carbocycles. The molecule has 10 heavy (non-hydrogen) atoms. The van der Waals surface area contributed by atoms with E-state index in [1.807, 2.05) is 0 Å². The molecule has 0 saturated heterocycles. The molecule has 0 aromatic rings. The van der Waals surface area contributed by atoms with Crippen LogP contribution in [0.3, 0.4) is 0 Å². The highest BCUT2D eigenvalue weighted by Crippen LogP contribution is 1.95. The predicted molar refractivity (Wildman–Crippen MR) is 42.8 cm³/mol. The molecule has 0 unspecified atom stereocenters. The van der Waals surface area contributed by atoms with Gasteiger partial charge in [0.25, 0.3) is 5.12 Å². The topological polar surface area (TPSA) is 51.2 Å². The largest absolute Gasteiger partial charge is 0.281 e. The van der Waals surface area contributed by atoms with E-state index in [1.54, 1.807) is 0 Å². The maximum atomic E-state index is 10.7. The summed E-state index contributed by atoms with van der Waals surface area (Å²) in [5.41, 5.74) is 0. The Bertz CT molecular complexity index is 229. The summed E-state index contributed by atoms with van der Waals surface area (Å²) in [4.78, 5) is 10.5. The van der Waals surface area contributed by atoms with Gasteiger partial charge in [-0.2, -0.15) is 0 Å². The van der Waals surface area contributed by atoms with Crippen LogP contribution in [0.4, 0.5) is 0 Å². The van der Waals surface area contributed by atoms with Crippen molar-refractivity contribution in [3.8, 4) is 0 Å². The lowest BCUT2D eigenvalue weighted by molar-refractivity contribution is -0.109. The van der Waals surface area contributed by atoms with Crippen LogP contribution in [-0.4, -0.2) is 24.6 Å². The van der Waals surface area contributed by atoms with Crippen LogP contribution in [0.1, 0.15) is 0 Å². The van der Waals surface area contributed by atoms with Crippen LogP contribution >= 0.6 is 15.9 Å². The van der Waals surface area contributed by atoms with Crippen LogP contribution in [0.25, 0.3) is 0 Å². The zero-order chi connectivity index (χ0) is 8.20. The summed E-state index contributed by atoms with van der Waals surface area (Å²) < 4.78 is 21.4. The van der Waals surface area contributed by atoms with Crippen LogP contribution in [0.15, 0.2) is 12.7 Å². The molecule has 0 radical (unpaired) electrons. The smallest absolute Gasteiger partial charge is 0.257 e. The number of rotatable bonds is 3. The summed E-state index contributed by atoms with van der Waals surface area (Å²) in [7, 11) is -3.56. The maximum absolute atomic E-state index is 10.7. The zero-order valence-electron chi connectivity index (χ0n) is 5.21. The van der Waals surface area contributed by atoms with Gasteiger partial charge in [-0.15, -0.1) is 6.58 Å². The van der Waals surface area contributed by atoms with Crippen LogP contribution < -0.4 is 0 Å². The van der Waals surface area contributed by atoms with Gasteiger partial charge >= 0.3 is 0 Å². The summed E-state index contributed by atoms with van der Waals surface area (Å²) >= 11 is 2.76. The third kappa shape index (κ3) is 2.62. The molecule has 0 fully saturated rings. The predicted octanol–water partition coefficient (Wildman–Crippen LogP) is 0.509. The van der Waals surface area contributed by atoms with Crippen molar-refractivity contribution in [3.05, 3.63) is 12.7 Å². The van der Waals surface area contributed by atoms with Gasteiger partial charge in [-0.3, -0.25) is 4.79 Å². The number of hydrogen-bond donors (Lipinski definition) is 0. The Hall–Kier alpha value is -0.160. The van der Waals surface area contributed by atoms with Crippen LogP contribution in [0.2, 0.25) is 0 Å². The first-order valence-corrected chi connectivity index (χ1v) is 5.24. The zero-order valence-corrected chi connectivity index (χ0v) is 7.61. The Morgan fingerprint density at radius 2 is 2.10 bits per heavy atom. The average molecular weight is 227 g/mol. The average Bonchev–Trinajstić information content (AvgIpc) is 1.86. The van der Waals surface area contributed by atoms with E-state index < -0.39 is 15.0 Å². The van der Waals surface area contributed by atoms with E-state index in [0.717, 1.165) is 0 Å². The summed E-state index contributed by atoms with van der Waals surface area (Å²) in [5, 5.41) is -0.948. The van der Waals surface area contributed by atoms with Crippen molar-refractivity contribution in [1.29, 1.82) is 0 Å². The number of carbonyl (C=O) groups is 1. The van der Waals surface area contributed by atoms with Gasteiger partial charge < -0.3 is 0 Å². The fourth-order valence-corrected chi connectivity index (χ4v) is 2.04. The summed E-state index contributed by atoms with van der Waals surface area (Å²) in [6.45, 7) is 3.22. The van der Waals surface area contributed by atoms with Crippen molar-refractivity contribution >= 4 is 30.9 Å². The van der Waals surface area contributed by atoms with Gasteiger partial charge in [0.05, 0.1) is 11.1 Å². The highest BCUT2D eigenvalue weighted by atomic mass is 79.9. The molecule has 0 bridgehead atoms. The minimum atomic E-state index is -3.56. The van der Waals surface area contributed by atoms with Crippen LogP contribution in [0, 0.1) is 0 Å². The van der Waals surface area contributed by atoms with Gasteiger partial charge in [0, 0.05) is 0 Å². The molecule has 0 aliphatic heterocycles.